The third-order valence-electron chi connectivity index (χ3n) is 5.61. The minimum atomic E-state index is -0.821. The first-order valence-corrected chi connectivity index (χ1v) is 12.8. The SMILES string of the molecule is Cc1ccc(C(=O)Nc2ccsc2C(=O)OCC(N)=O)cc1C(=O)c1ccc(Nc2ccc(F)cc2F)cc1Cl. The van der Waals surface area contributed by atoms with Crippen LogP contribution in [0.15, 0.2) is 66.0 Å². The molecule has 1 aromatic heterocycles. The van der Waals surface area contributed by atoms with E-state index in [0.29, 0.717) is 11.3 Å². The molecule has 4 rings (SSSR count). The average Bonchev–Trinajstić information content (AvgIpc) is 3.37. The quantitative estimate of drug-likeness (QED) is 0.167. The minimum Gasteiger partial charge on any atom is -0.451 e. The maximum absolute atomic E-state index is 14.0. The molecule has 40 heavy (non-hydrogen) atoms. The second-order valence-electron chi connectivity index (χ2n) is 8.46. The van der Waals surface area contributed by atoms with E-state index in [-0.39, 0.29) is 38.0 Å². The number of hydrogen-bond donors (Lipinski definition) is 3. The van der Waals surface area contributed by atoms with Crippen molar-refractivity contribution < 1.29 is 32.7 Å². The van der Waals surface area contributed by atoms with E-state index in [4.69, 9.17) is 22.1 Å². The third kappa shape index (κ3) is 6.50. The molecule has 0 saturated carbocycles. The van der Waals surface area contributed by atoms with Crippen LogP contribution in [0.3, 0.4) is 0 Å². The maximum Gasteiger partial charge on any atom is 0.350 e. The number of primary amides is 1. The first-order valence-electron chi connectivity index (χ1n) is 11.5. The second kappa shape index (κ2) is 12.1. The molecule has 0 saturated heterocycles. The average molecular weight is 584 g/mol. The topological polar surface area (TPSA) is 128 Å². The molecule has 8 nitrogen and oxygen atoms in total. The van der Waals surface area contributed by atoms with Gasteiger partial charge in [-0.1, -0.05) is 17.7 Å². The van der Waals surface area contributed by atoms with Crippen molar-refractivity contribution in [3.05, 3.63) is 110 Å². The number of ketones is 1. The molecule has 2 amide bonds. The number of esters is 1. The van der Waals surface area contributed by atoms with Gasteiger partial charge >= 0.3 is 5.97 Å². The Labute approximate surface area is 235 Å². The van der Waals surface area contributed by atoms with Crippen LogP contribution in [-0.2, 0) is 9.53 Å². The summed E-state index contributed by atoms with van der Waals surface area (Å²) < 4.78 is 32.0. The van der Waals surface area contributed by atoms with Crippen LogP contribution in [0.1, 0.15) is 41.5 Å². The van der Waals surface area contributed by atoms with Crippen molar-refractivity contribution in [2.45, 2.75) is 6.92 Å². The van der Waals surface area contributed by atoms with Gasteiger partial charge in [-0.15, -0.1) is 11.3 Å². The Bertz CT molecular complexity index is 1660. The molecule has 0 atom stereocenters. The van der Waals surface area contributed by atoms with E-state index in [1.807, 2.05) is 0 Å². The minimum absolute atomic E-state index is 0.0287. The lowest BCUT2D eigenvalue weighted by Gasteiger charge is -2.12. The number of aryl methyl sites for hydroxylation is 1. The van der Waals surface area contributed by atoms with E-state index in [2.05, 4.69) is 10.6 Å². The summed E-state index contributed by atoms with van der Waals surface area (Å²) in [4.78, 5) is 49.5. The largest absolute Gasteiger partial charge is 0.451 e. The number of amides is 2. The highest BCUT2D eigenvalue weighted by atomic mass is 35.5. The first-order chi connectivity index (χ1) is 19.0. The van der Waals surface area contributed by atoms with E-state index >= 15 is 0 Å². The lowest BCUT2D eigenvalue weighted by Crippen LogP contribution is -2.21. The molecule has 0 radical (unpaired) electrons. The van der Waals surface area contributed by atoms with Gasteiger partial charge in [0.25, 0.3) is 11.8 Å². The zero-order valence-corrected chi connectivity index (χ0v) is 22.3. The third-order valence-corrected chi connectivity index (χ3v) is 6.82. The maximum atomic E-state index is 14.0. The standard InChI is InChI=1S/C28H20ClF2N3O5S/c1-14-2-3-15(27(37)34-23-8-9-40-26(23)28(38)39-13-24(32)35)10-19(14)25(36)18-6-5-17(12-20(18)29)33-22-7-4-16(30)11-21(22)31/h2-12,33H,13H2,1H3,(H2,32,35)(H,34,37). The fraction of sp³-hybridized carbons (Fsp3) is 0.0714. The Balaban J connectivity index is 1.53. The van der Waals surface area contributed by atoms with Crippen LogP contribution in [0, 0.1) is 18.6 Å². The lowest BCUT2D eigenvalue weighted by atomic mass is 9.96. The van der Waals surface area contributed by atoms with Crippen LogP contribution < -0.4 is 16.4 Å². The Morgan fingerprint density at radius 2 is 1.73 bits per heavy atom. The van der Waals surface area contributed by atoms with Crippen molar-refractivity contribution >= 4 is 63.6 Å². The van der Waals surface area contributed by atoms with Crippen LogP contribution in [0.2, 0.25) is 5.02 Å². The molecule has 0 bridgehead atoms. The van der Waals surface area contributed by atoms with E-state index in [1.165, 1.54) is 42.5 Å². The van der Waals surface area contributed by atoms with Crippen molar-refractivity contribution in [3.8, 4) is 0 Å². The molecule has 3 aromatic carbocycles. The Morgan fingerprint density at radius 1 is 0.950 bits per heavy atom. The van der Waals surface area contributed by atoms with Crippen LogP contribution in [0.25, 0.3) is 0 Å². The van der Waals surface area contributed by atoms with Crippen LogP contribution in [0.5, 0.6) is 0 Å². The molecule has 4 aromatic rings. The predicted molar refractivity (Wildman–Crippen MR) is 147 cm³/mol. The Morgan fingerprint density at radius 3 is 2.42 bits per heavy atom. The highest BCUT2D eigenvalue weighted by molar-refractivity contribution is 7.12. The molecule has 0 unspecified atom stereocenters. The van der Waals surface area contributed by atoms with Crippen molar-refractivity contribution in [3.63, 3.8) is 0 Å². The summed E-state index contributed by atoms with van der Waals surface area (Å²) in [5.74, 6) is -4.20. The highest BCUT2D eigenvalue weighted by Crippen LogP contribution is 2.29. The number of anilines is 3. The Hall–Kier alpha value is -4.61. The van der Waals surface area contributed by atoms with E-state index < -0.39 is 41.8 Å². The number of thiophene rings is 1. The van der Waals surface area contributed by atoms with Gasteiger partial charge in [0.2, 0.25) is 0 Å². The molecular formula is C28H20ClF2N3O5S. The molecule has 0 aliphatic carbocycles. The van der Waals surface area contributed by atoms with Gasteiger partial charge in [0, 0.05) is 28.4 Å². The highest BCUT2D eigenvalue weighted by Gasteiger charge is 2.21. The molecule has 12 heteroatoms. The van der Waals surface area contributed by atoms with Gasteiger partial charge in [-0.2, -0.15) is 0 Å². The van der Waals surface area contributed by atoms with Gasteiger partial charge in [-0.3, -0.25) is 14.4 Å². The van der Waals surface area contributed by atoms with E-state index in [1.54, 1.807) is 18.4 Å². The van der Waals surface area contributed by atoms with Gasteiger partial charge in [-0.05, 0) is 66.4 Å². The number of rotatable bonds is 9. The summed E-state index contributed by atoms with van der Waals surface area (Å²) in [6.07, 6.45) is 0. The molecule has 0 aliphatic rings. The number of hydrogen-bond acceptors (Lipinski definition) is 7. The molecule has 0 aliphatic heterocycles. The van der Waals surface area contributed by atoms with Crippen molar-refractivity contribution in [1.82, 2.24) is 0 Å². The molecule has 204 valence electrons. The molecular weight excluding hydrogens is 564 g/mol. The van der Waals surface area contributed by atoms with Crippen molar-refractivity contribution in [2.24, 2.45) is 5.73 Å². The summed E-state index contributed by atoms with van der Waals surface area (Å²) in [6.45, 7) is 1.10. The van der Waals surface area contributed by atoms with E-state index in [0.717, 1.165) is 23.5 Å². The van der Waals surface area contributed by atoms with E-state index in [9.17, 15) is 28.0 Å². The predicted octanol–water partition coefficient (Wildman–Crippen LogP) is 5.86. The van der Waals surface area contributed by atoms with Crippen molar-refractivity contribution in [1.29, 1.82) is 0 Å². The molecule has 0 spiro atoms. The van der Waals surface area contributed by atoms with Crippen LogP contribution >= 0.6 is 22.9 Å². The number of carbonyl (C=O) groups excluding carboxylic acids is 4. The number of benzene rings is 3. The zero-order valence-electron chi connectivity index (χ0n) is 20.7. The molecule has 4 N–H and O–H groups in total. The number of nitrogens with two attached hydrogens (primary N) is 1. The van der Waals surface area contributed by atoms with Gasteiger partial charge in [0.15, 0.2) is 12.4 Å². The first kappa shape index (κ1) is 28.4. The fourth-order valence-electron chi connectivity index (χ4n) is 3.64. The van der Waals surface area contributed by atoms with Gasteiger partial charge < -0.3 is 21.1 Å². The van der Waals surface area contributed by atoms with Gasteiger partial charge in [-0.25, -0.2) is 13.6 Å². The smallest absolute Gasteiger partial charge is 0.350 e. The molecule has 0 fully saturated rings. The Kier molecular flexibility index (Phi) is 8.56. The molecule has 1 heterocycles. The van der Waals surface area contributed by atoms with Gasteiger partial charge in [0.1, 0.15) is 16.5 Å². The zero-order chi connectivity index (χ0) is 29.0. The number of carbonyl (C=O) groups is 4. The van der Waals surface area contributed by atoms with Crippen LogP contribution in [0.4, 0.5) is 25.8 Å². The summed E-state index contributed by atoms with van der Waals surface area (Å²) in [5.41, 5.74) is 6.64. The number of ether oxygens (including phenoxy) is 1. The summed E-state index contributed by atoms with van der Waals surface area (Å²) in [5, 5.41) is 7.02. The lowest BCUT2D eigenvalue weighted by molar-refractivity contribution is -0.121. The summed E-state index contributed by atoms with van der Waals surface area (Å²) >= 11 is 7.39. The number of nitrogens with one attached hydrogen (secondary N) is 2. The second-order valence-corrected chi connectivity index (χ2v) is 9.79. The number of halogens is 3. The fourth-order valence-corrected chi connectivity index (χ4v) is 4.65. The normalized spacial score (nSPS) is 10.6. The monoisotopic (exact) mass is 583 g/mol. The summed E-state index contributed by atoms with van der Waals surface area (Å²) in [7, 11) is 0. The van der Waals surface area contributed by atoms with Crippen LogP contribution in [-0.4, -0.2) is 30.2 Å². The van der Waals surface area contributed by atoms with Gasteiger partial charge in [0.05, 0.1) is 16.4 Å². The van der Waals surface area contributed by atoms with Crippen molar-refractivity contribution in [2.75, 3.05) is 17.2 Å². The summed E-state index contributed by atoms with van der Waals surface area (Å²) in [6, 6.07) is 13.5.